The van der Waals surface area contributed by atoms with E-state index in [1.54, 1.807) is 0 Å². The van der Waals surface area contributed by atoms with Crippen molar-refractivity contribution in [2.45, 2.75) is 31.8 Å². The van der Waals surface area contributed by atoms with Crippen LogP contribution in [-0.2, 0) is 4.79 Å². The first-order chi connectivity index (χ1) is 15.7. The highest BCUT2D eigenvalue weighted by Crippen LogP contribution is 2.43. The molecule has 1 unspecified atom stereocenters. The second kappa shape index (κ2) is 7.67. The van der Waals surface area contributed by atoms with Gasteiger partial charge in [0.2, 0.25) is 5.88 Å². The molecule has 9 heteroatoms. The summed E-state index contributed by atoms with van der Waals surface area (Å²) in [7, 11) is 0. The number of benzene rings is 1. The van der Waals surface area contributed by atoms with Crippen LogP contribution in [0.25, 0.3) is 11.1 Å². The molecule has 4 heterocycles. The Kier molecular flexibility index (Phi) is 4.64. The zero-order chi connectivity index (χ0) is 21.7. The van der Waals surface area contributed by atoms with Crippen molar-refractivity contribution in [2.75, 3.05) is 36.5 Å². The lowest BCUT2D eigenvalue weighted by Crippen LogP contribution is -2.55. The van der Waals surface area contributed by atoms with Crippen molar-refractivity contribution < 1.29 is 14.3 Å². The molecule has 1 aromatic carbocycles. The van der Waals surface area contributed by atoms with Gasteiger partial charge in [0, 0.05) is 42.2 Å². The average molecular weight is 435 g/mol. The van der Waals surface area contributed by atoms with E-state index in [9.17, 15) is 4.79 Å². The van der Waals surface area contributed by atoms with Gasteiger partial charge in [0.25, 0.3) is 5.91 Å². The molecule has 1 saturated carbocycles. The van der Waals surface area contributed by atoms with Gasteiger partial charge in [-0.25, -0.2) is 10.4 Å². The number of rotatable bonds is 6. The maximum atomic E-state index is 12.3. The Labute approximate surface area is 186 Å². The fraction of sp³-hybridized carbons (Fsp3) is 0.435. The molecule has 2 fully saturated rings. The molecule has 1 amide bonds. The van der Waals surface area contributed by atoms with Gasteiger partial charge in [-0.15, -0.1) is 0 Å². The third-order valence-corrected chi connectivity index (χ3v) is 6.41. The molecular weight excluding hydrogens is 408 g/mol. The molecule has 1 atom stereocenters. The summed E-state index contributed by atoms with van der Waals surface area (Å²) >= 11 is 0. The normalized spacial score (nSPS) is 22.0. The number of fused-ring (bicyclic) bond motifs is 3. The molecule has 4 aliphatic rings. The monoisotopic (exact) mass is 434 g/mol. The molecule has 3 N–H and O–H groups in total. The summed E-state index contributed by atoms with van der Waals surface area (Å²) in [5, 5.41) is 11.1. The quantitative estimate of drug-likeness (QED) is 0.639. The van der Waals surface area contributed by atoms with Gasteiger partial charge in [0.1, 0.15) is 18.4 Å². The zero-order valence-corrected chi connectivity index (χ0v) is 17.9. The van der Waals surface area contributed by atoms with E-state index in [2.05, 4.69) is 32.2 Å². The minimum Gasteiger partial charge on any atom is -0.483 e. The molecule has 0 bridgehead atoms. The molecule has 3 aliphatic heterocycles. The summed E-state index contributed by atoms with van der Waals surface area (Å²) in [6.07, 6.45) is 4.35. The molecule has 166 valence electrons. The molecule has 0 spiro atoms. The number of hydrogen-bond donors (Lipinski definition) is 3. The van der Waals surface area contributed by atoms with E-state index in [1.807, 2.05) is 36.2 Å². The maximum absolute atomic E-state index is 12.3. The van der Waals surface area contributed by atoms with E-state index >= 15 is 0 Å². The fourth-order valence-electron chi connectivity index (χ4n) is 4.15. The van der Waals surface area contributed by atoms with Gasteiger partial charge < -0.3 is 25.0 Å². The summed E-state index contributed by atoms with van der Waals surface area (Å²) < 4.78 is 11.8. The average Bonchev–Trinajstić information content (AvgIpc) is 3.61. The third-order valence-electron chi connectivity index (χ3n) is 6.41. The SMILES string of the molecule is CC1C(=O)NN=C2COc3cc(-c4ccc(OCC5CC5)nc4)c(NC4CNC4)cc3N21. The number of carbonyl (C=O) groups is 1. The van der Waals surface area contributed by atoms with Crippen molar-refractivity contribution >= 4 is 23.1 Å². The molecule has 1 aromatic heterocycles. The molecule has 0 radical (unpaired) electrons. The van der Waals surface area contributed by atoms with Crippen molar-refractivity contribution in [1.29, 1.82) is 0 Å². The van der Waals surface area contributed by atoms with Gasteiger partial charge in [-0.2, -0.15) is 5.10 Å². The smallest absolute Gasteiger partial charge is 0.262 e. The number of aromatic nitrogens is 1. The Morgan fingerprint density at radius 3 is 2.88 bits per heavy atom. The standard InChI is InChI=1S/C23H26N6O3/c1-13-23(30)28-27-21-12-31-20-6-17(15-4-5-22(25-8-15)32-11-14-2-3-14)18(7-19(20)29(13)21)26-16-9-24-10-16/h4-8,13-14,16,24,26H,2-3,9-12H2,1H3,(H,28,30). The van der Waals surface area contributed by atoms with Crippen molar-refractivity contribution in [1.82, 2.24) is 15.7 Å². The van der Waals surface area contributed by atoms with Crippen molar-refractivity contribution in [3.63, 3.8) is 0 Å². The number of nitrogens with one attached hydrogen (secondary N) is 3. The van der Waals surface area contributed by atoms with Gasteiger partial charge in [0.05, 0.1) is 18.3 Å². The maximum Gasteiger partial charge on any atom is 0.262 e. The van der Waals surface area contributed by atoms with Crippen LogP contribution in [0.15, 0.2) is 35.6 Å². The van der Waals surface area contributed by atoms with E-state index < -0.39 is 0 Å². The Morgan fingerprint density at radius 2 is 2.16 bits per heavy atom. The van der Waals surface area contributed by atoms with Gasteiger partial charge in [-0.05, 0) is 43.9 Å². The van der Waals surface area contributed by atoms with Crippen molar-refractivity contribution in [3.8, 4) is 22.8 Å². The van der Waals surface area contributed by atoms with Gasteiger partial charge in [-0.3, -0.25) is 4.79 Å². The number of ether oxygens (including phenoxy) is 2. The lowest BCUT2D eigenvalue weighted by Gasteiger charge is -2.39. The van der Waals surface area contributed by atoms with Gasteiger partial charge in [-0.1, -0.05) is 0 Å². The van der Waals surface area contributed by atoms with Gasteiger partial charge in [0.15, 0.2) is 5.84 Å². The fourth-order valence-corrected chi connectivity index (χ4v) is 4.15. The summed E-state index contributed by atoms with van der Waals surface area (Å²) in [6.45, 7) is 4.75. The van der Waals surface area contributed by atoms with Crippen molar-refractivity contribution in [3.05, 3.63) is 30.5 Å². The molecule has 1 saturated heterocycles. The predicted octanol–water partition coefficient (Wildman–Crippen LogP) is 1.95. The van der Waals surface area contributed by atoms with Crippen LogP contribution in [0.4, 0.5) is 11.4 Å². The Bertz CT molecular complexity index is 1080. The van der Waals surface area contributed by atoms with Gasteiger partial charge >= 0.3 is 0 Å². The highest BCUT2D eigenvalue weighted by Gasteiger charge is 2.36. The van der Waals surface area contributed by atoms with E-state index in [-0.39, 0.29) is 11.9 Å². The Morgan fingerprint density at radius 1 is 1.28 bits per heavy atom. The number of hydrogen-bond acceptors (Lipinski definition) is 8. The number of pyridine rings is 1. The first-order valence-corrected chi connectivity index (χ1v) is 11.2. The number of nitrogens with zero attached hydrogens (tertiary/aromatic N) is 3. The van der Waals surface area contributed by atoms with Crippen LogP contribution in [0, 0.1) is 5.92 Å². The van der Waals surface area contributed by atoms with Crippen LogP contribution in [0.2, 0.25) is 0 Å². The lowest BCUT2D eigenvalue weighted by atomic mass is 10.0. The highest BCUT2D eigenvalue weighted by atomic mass is 16.5. The molecule has 32 heavy (non-hydrogen) atoms. The Balaban J connectivity index is 1.36. The minimum atomic E-state index is -0.362. The number of amidine groups is 1. The van der Waals surface area contributed by atoms with E-state index in [1.165, 1.54) is 12.8 Å². The summed E-state index contributed by atoms with van der Waals surface area (Å²) in [5.74, 6) is 2.64. The molecule has 1 aliphatic carbocycles. The molecule has 9 nitrogen and oxygen atoms in total. The zero-order valence-electron chi connectivity index (χ0n) is 17.9. The second-order valence-electron chi connectivity index (χ2n) is 8.84. The van der Waals surface area contributed by atoms with Crippen LogP contribution >= 0.6 is 0 Å². The van der Waals surface area contributed by atoms with Crippen LogP contribution in [-0.4, -0.2) is 55.1 Å². The van der Waals surface area contributed by atoms with Crippen LogP contribution in [0.5, 0.6) is 11.6 Å². The lowest BCUT2D eigenvalue weighted by molar-refractivity contribution is -0.122. The van der Waals surface area contributed by atoms with Crippen LogP contribution in [0.1, 0.15) is 19.8 Å². The van der Waals surface area contributed by atoms with E-state index in [0.29, 0.717) is 30.3 Å². The number of hydrazone groups is 1. The first kappa shape index (κ1) is 19.4. The van der Waals surface area contributed by atoms with E-state index in [0.717, 1.165) is 47.9 Å². The van der Waals surface area contributed by atoms with Crippen molar-refractivity contribution in [2.24, 2.45) is 11.0 Å². The summed E-state index contributed by atoms with van der Waals surface area (Å²) in [5.41, 5.74) is 6.38. The summed E-state index contributed by atoms with van der Waals surface area (Å²) in [6, 6.07) is 8.04. The highest BCUT2D eigenvalue weighted by molar-refractivity contribution is 6.10. The summed E-state index contributed by atoms with van der Waals surface area (Å²) in [4.78, 5) is 18.7. The molecular formula is C23H26N6O3. The Hall–Kier alpha value is -3.33. The van der Waals surface area contributed by atoms with Crippen LogP contribution in [0.3, 0.4) is 0 Å². The molecule has 6 rings (SSSR count). The second-order valence-corrected chi connectivity index (χ2v) is 8.84. The van der Waals surface area contributed by atoms with E-state index in [4.69, 9.17) is 9.47 Å². The largest absolute Gasteiger partial charge is 0.483 e. The van der Waals surface area contributed by atoms with Crippen LogP contribution < -0.4 is 30.4 Å². The first-order valence-electron chi connectivity index (χ1n) is 11.2. The number of amides is 1. The minimum absolute atomic E-state index is 0.130. The predicted molar refractivity (Wildman–Crippen MR) is 121 cm³/mol. The number of carbonyl (C=O) groups excluding carboxylic acids is 1. The topological polar surface area (TPSA) is 100 Å². The number of anilines is 2. The molecule has 2 aromatic rings. The third kappa shape index (κ3) is 3.52.